The van der Waals surface area contributed by atoms with Crippen LogP contribution in [-0.2, 0) is 19.6 Å². The molecular formula is C17H18ClNO5S. The van der Waals surface area contributed by atoms with Crippen LogP contribution < -0.4 is 9.46 Å². The van der Waals surface area contributed by atoms with Crippen LogP contribution in [0.15, 0.2) is 59.5 Å². The van der Waals surface area contributed by atoms with Crippen LogP contribution in [0.25, 0.3) is 0 Å². The summed E-state index contributed by atoms with van der Waals surface area (Å²) in [5.74, 6) is 0.185. The van der Waals surface area contributed by atoms with Crippen molar-refractivity contribution in [2.24, 2.45) is 0 Å². The summed E-state index contributed by atoms with van der Waals surface area (Å²) in [4.78, 5) is 11.7. The van der Waals surface area contributed by atoms with Gasteiger partial charge in [0.1, 0.15) is 19.0 Å². The summed E-state index contributed by atoms with van der Waals surface area (Å²) in [5, 5.41) is 0.445. The number of rotatable bonds is 9. The number of carbonyl (C=O) groups excluding carboxylic acids is 1. The molecule has 2 aromatic rings. The van der Waals surface area contributed by atoms with Gasteiger partial charge in [-0.25, -0.2) is 13.1 Å². The van der Waals surface area contributed by atoms with Crippen LogP contribution in [0.1, 0.15) is 6.42 Å². The molecule has 0 radical (unpaired) electrons. The second-order valence-electron chi connectivity index (χ2n) is 4.98. The van der Waals surface area contributed by atoms with Gasteiger partial charge in [0, 0.05) is 11.6 Å². The maximum atomic E-state index is 12.0. The fourth-order valence-corrected chi connectivity index (χ4v) is 3.05. The fraction of sp³-hybridized carbons (Fsp3) is 0.235. The number of ether oxygens (including phenoxy) is 2. The van der Waals surface area contributed by atoms with Crippen LogP contribution in [0.3, 0.4) is 0 Å². The summed E-state index contributed by atoms with van der Waals surface area (Å²) in [5.41, 5.74) is 0. The van der Waals surface area contributed by atoms with Gasteiger partial charge in [0.25, 0.3) is 0 Å². The van der Waals surface area contributed by atoms with E-state index >= 15 is 0 Å². The van der Waals surface area contributed by atoms with Crippen LogP contribution in [-0.4, -0.2) is 34.1 Å². The molecule has 2 rings (SSSR count). The van der Waals surface area contributed by atoms with E-state index in [0.717, 1.165) is 0 Å². The Morgan fingerprint density at radius 3 is 2.36 bits per heavy atom. The van der Waals surface area contributed by atoms with Gasteiger partial charge in [-0.1, -0.05) is 29.8 Å². The molecule has 0 spiro atoms. The van der Waals surface area contributed by atoms with Crippen molar-refractivity contribution in [2.45, 2.75) is 11.3 Å². The molecule has 6 nitrogen and oxygen atoms in total. The van der Waals surface area contributed by atoms with Crippen LogP contribution in [0.5, 0.6) is 5.75 Å². The summed E-state index contributed by atoms with van der Waals surface area (Å²) in [7, 11) is -3.68. The Kier molecular flexibility index (Phi) is 7.24. The highest BCUT2D eigenvalue weighted by Gasteiger charge is 2.14. The highest BCUT2D eigenvalue weighted by Crippen LogP contribution is 2.13. The number of esters is 1. The third-order valence-corrected chi connectivity index (χ3v) is 4.83. The van der Waals surface area contributed by atoms with E-state index in [9.17, 15) is 13.2 Å². The third kappa shape index (κ3) is 6.74. The first-order chi connectivity index (χ1) is 12.0. The van der Waals surface area contributed by atoms with Gasteiger partial charge in [0.05, 0.1) is 11.3 Å². The zero-order valence-electron chi connectivity index (χ0n) is 13.4. The SMILES string of the molecule is O=C(CCNS(=O)(=O)c1ccc(Cl)cc1)OCCOc1ccccc1. The molecule has 134 valence electrons. The number of halogens is 1. The molecular weight excluding hydrogens is 366 g/mol. The molecule has 0 aliphatic heterocycles. The highest BCUT2D eigenvalue weighted by atomic mass is 35.5. The van der Waals surface area contributed by atoms with Gasteiger partial charge in [-0.2, -0.15) is 0 Å². The molecule has 1 N–H and O–H groups in total. The van der Waals surface area contributed by atoms with E-state index < -0.39 is 16.0 Å². The number of nitrogens with one attached hydrogen (secondary N) is 1. The minimum Gasteiger partial charge on any atom is -0.490 e. The minimum atomic E-state index is -3.68. The Morgan fingerprint density at radius 2 is 1.68 bits per heavy atom. The third-order valence-electron chi connectivity index (χ3n) is 3.10. The lowest BCUT2D eigenvalue weighted by atomic mass is 10.3. The number of hydrogen-bond acceptors (Lipinski definition) is 5. The van der Waals surface area contributed by atoms with Crippen molar-refractivity contribution in [3.05, 3.63) is 59.6 Å². The van der Waals surface area contributed by atoms with E-state index in [4.69, 9.17) is 21.1 Å². The average molecular weight is 384 g/mol. The van der Waals surface area contributed by atoms with Gasteiger partial charge in [0.15, 0.2) is 0 Å². The smallest absolute Gasteiger partial charge is 0.307 e. The summed E-state index contributed by atoms with van der Waals surface area (Å²) >= 11 is 5.72. The van der Waals surface area contributed by atoms with Gasteiger partial charge in [0.2, 0.25) is 10.0 Å². The van der Waals surface area contributed by atoms with Crippen LogP contribution in [0.2, 0.25) is 5.02 Å². The van der Waals surface area contributed by atoms with Gasteiger partial charge >= 0.3 is 5.97 Å². The molecule has 0 bridgehead atoms. The van der Waals surface area contributed by atoms with Crippen molar-refractivity contribution in [3.8, 4) is 5.75 Å². The Morgan fingerprint density at radius 1 is 1.00 bits per heavy atom. The summed E-state index contributed by atoms with van der Waals surface area (Å²) in [6.45, 7) is 0.271. The molecule has 0 heterocycles. The zero-order chi connectivity index (χ0) is 18.1. The van der Waals surface area contributed by atoms with Crippen molar-refractivity contribution in [1.82, 2.24) is 4.72 Å². The van der Waals surface area contributed by atoms with E-state index in [0.29, 0.717) is 10.8 Å². The standard InChI is InChI=1S/C17H18ClNO5S/c18-14-6-8-16(9-7-14)25(21,22)19-11-10-17(20)24-13-12-23-15-4-2-1-3-5-15/h1-9,19H,10-13H2. The largest absolute Gasteiger partial charge is 0.490 e. The molecule has 25 heavy (non-hydrogen) atoms. The second kappa shape index (κ2) is 9.41. The molecule has 2 aromatic carbocycles. The number of para-hydroxylation sites is 1. The van der Waals surface area contributed by atoms with Gasteiger partial charge in [-0.05, 0) is 36.4 Å². The Labute approximate surface area is 151 Å². The molecule has 0 saturated heterocycles. The highest BCUT2D eigenvalue weighted by molar-refractivity contribution is 7.89. The Balaban J connectivity index is 1.65. The first kappa shape index (κ1) is 19.2. The number of benzene rings is 2. The second-order valence-corrected chi connectivity index (χ2v) is 7.19. The van der Waals surface area contributed by atoms with Crippen molar-refractivity contribution >= 4 is 27.6 Å². The van der Waals surface area contributed by atoms with Crippen molar-refractivity contribution in [2.75, 3.05) is 19.8 Å². The summed E-state index contributed by atoms with van der Waals surface area (Å²) < 4.78 is 36.7. The van der Waals surface area contributed by atoms with E-state index in [1.54, 1.807) is 12.1 Å². The van der Waals surface area contributed by atoms with E-state index in [1.165, 1.54) is 24.3 Å². The van der Waals surface area contributed by atoms with Crippen molar-refractivity contribution in [1.29, 1.82) is 0 Å². The lowest BCUT2D eigenvalue weighted by Gasteiger charge is -2.08. The molecule has 0 fully saturated rings. The van der Waals surface area contributed by atoms with E-state index in [-0.39, 0.29) is 31.1 Å². The monoisotopic (exact) mass is 383 g/mol. The zero-order valence-corrected chi connectivity index (χ0v) is 14.9. The van der Waals surface area contributed by atoms with Crippen LogP contribution in [0.4, 0.5) is 0 Å². The van der Waals surface area contributed by atoms with Crippen LogP contribution >= 0.6 is 11.6 Å². The predicted octanol–water partition coefficient (Wildman–Crippen LogP) is 2.63. The van der Waals surface area contributed by atoms with Gasteiger partial charge in [-0.3, -0.25) is 4.79 Å². The molecule has 0 unspecified atom stereocenters. The minimum absolute atomic E-state index is 0.0522. The first-order valence-electron chi connectivity index (χ1n) is 7.56. The molecule has 0 atom stereocenters. The van der Waals surface area contributed by atoms with Gasteiger partial charge in [-0.15, -0.1) is 0 Å². The van der Waals surface area contributed by atoms with Crippen molar-refractivity contribution in [3.63, 3.8) is 0 Å². The summed E-state index contributed by atoms with van der Waals surface area (Å²) in [6, 6.07) is 14.9. The number of carbonyl (C=O) groups is 1. The number of sulfonamides is 1. The molecule has 0 aliphatic rings. The number of hydrogen-bond donors (Lipinski definition) is 1. The lowest BCUT2D eigenvalue weighted by molar-refractivity contribution is -0.144. The van der Waals surface area contributed by atoms with Gasteiger partial charge < -0.3 is 9.47 Å². The maximum absolute atomic E-state index is 12.0. The average Bonchev–Trinajstić information content (AvgIpc) is 2.60. The van der Waals surface area contributed by atoms with E-state index in [1.807, 2.05) is 18.2 Å². The Hall–Kier alpha value is -2.09. The molecule has 0 saturated carbocycles. The van der Waals surface area contributed by atoms with Crippen LogP contribution in [0, 0.1) is 0 Å². The quantitative estimate of drug-likeness (QED) is 0.531. The normalized spacial score (nSPS) is 11.1. The maximum Gasteiger partial charge on any atom is 0.307 e. The predicted molar refractivity (Wildman–Crippen MR) is 94.2 cm³/mol. The molecule has 8 heteroatoms. The lowest BCUT2D eigenvalue weighted by Crippen LogP contribution is -2.27. The Bertz CT molecular complexity index is 778. The molecule has 0 amide bonds. The first-order valence-corrected chi connectivity index (χ1v) is 9.42. The molecule has 0 aliphatic carbocycles. The van der Waals surface area contributed by atoms with E-state index in [2.05, 4.69) is 4.72 Å². The van der Waals surface area contributed by atoms with Crippen molar-refractivity contribution < 1.29 is 22.7 Å². The fourth-order valence-electron chi connectivity index (χ4n) is 1.89. The molecule has 0 aromatic heterocycles. The topological polar surface area (TPSA) is 81.7 Å². The summed E-state index contributed by atoms with van der Waals surface area (Å²) in [6.07, 6.45) is -0.0713.